The van der Waals surface area contributed by atoms with E-state index in [0.29, 0.717) is 6.07 Å². The van der Waals surface area contributed by atoms with Crippen LogP contribution in [0.1, 0.15) is 17.0 Å². The van der Waals surface area contributed by atoms with Gasteiger partial charge in [0.1, 0.15) is 0 Å². The van der Waals surface area contributed by atoms with Gasteiger partial charge in [0, 0.05) is 0 Å². The van der Waals surface area contributed by atoms with Crippen LogP contribution in [0.3, 0.4) is 0 Å². The molecule has 0 amide bonds. The average molecular weight is 221 g/mol. The minimum absolute atomic E-state index is 0.0655. The Morgan fingerprint density at radius 1 is 1.73 bits per heavy atom. The number of rotatable bonds is 3. The molecule has 0 aliphatic rings. The van der Waals surface area contributed by atoms with Gasteiger partial charge in [-0.3, -0.25) is 0 Å². The van der Waals surface area contributed by atoms with Crippen molar-refractivity contribution in [3.05, 3.63) is 21.9 Å². The van der Waals surface area contributed by atoms with Crippen LogP contribution in [0.25, 0.3) is 0 Å². The molecule has 1 aromatic heterocycles. The van der Waals surface area contributed by atoms with Crippen LogP contribution in [0.4, 0.5) is 14.6 Å². The number of halogens is 2. The van der Waals surface area contributed by atoms with E-state index in [1.165, 1.54) is 0 Å². The van der Waals surface area contributed by atoms with Crippen LogP contribution in [0.2, 0.25) is 0 Å². The number of alkyl halides is 2. The van der Waals surface area contributed by atoms with E-state index < -0.39 is 29.0 Å². The summed E-state index contributed by atoms with van der Waals surface area (Å²) in [4.78, 5) is 20.2. The molecular weight excluding hydrogens is 216 g/mol. The highest BCUT2D eigenvalue weighted by Gasteiger charge is 2.28. The predicted molar refractivity (Wildman–Crippen MR) is 41.5 cm³/mol. The van der Waals surface area contributed by atoms with Crippen molar-refractivity contribution in [2.24, 2.45) is 0 Å². The lowest BCUT2D eigenvalue weighted by Gasteiger charge is -1.98. The van der Waals surface area contributed by atoms with Crippen LogP contribution in [0.15, 0.2) is 6.07 Å². The molecule has 0 aliphatic heterocycles. The zero-order valence-electron chi connectivity index (χ0n) is 7.39. The molecule has 0 aromatic carbocycles. The normalized spacial score (nSPS) is 10.4. The van der Waals surface area contributed by atoms with E-state index in [2.05, 4.69) is 9.84 Å². The molecular formula is C6H5F2N3O4. The number of hydrogen-bond acceptors (Lipinski definition) is 5. The van der Waals surface area contributed by atoms with Gasteiger partial charge in [0.05, 0.1) is 18.3 Å². The Bertz CT molecular complexity index is 403. The molecule has 1 aromatic rings. The first-order valence-corrected chi connectivity index (χ1v) is 3.57. The third-order valence-electron chi connectivity index (χ3n) is 1.49. The van der Waals surface area contributed by atoms with Gasteiger partial charge in [-0.05, 0) is 4.92 Å². The van der Waals surface area contributed by atoms with E-state index in [0.717, 1.165) is 7.11 Å². The van der Waals surface area contributed by atoms with Gasteiger partial charge in [-0.15, -0.1) is 4.68 Å². The Morgan fingerprint density at radius 3 is 2.73 bits per heavy atom. The van der Waals surface area contributed by atoms with Crippen LogP contribution >= 0.6 is 0 Å². The lowest BCUT2D eigenvalue weighted by atomic mass is 10.4. The summed E-state index contributed by atoms with van der Waals surface area (Å²) in [6, 6.07) is 0.623. The van der Waals surface area contributed by atoms with Gasteiger partial charge >= 0.3 is 18.3 Å². The van der Waals surface area contributed by atoms with Gasteiger partial charge in [-0.1, -0.05) is 0 Å². The number of carbonyl (C=O) groups is 1. The maximum absolute atomic E-state index is 12.3. The molecule has 0 saturated carbocycles. The van der Waals surface area contributed by atoms with E-state index in [4.69, 9.17) is 0 Å². The zero-order chi connectivity index (χ0) is 11.6. The van der Waals surface area contributed by atoms with E-state index in [1.54, 1.807) is 0 Å². The van der Waals surface area contributed by atoms with Crippen LogP contribution in [-0.4, -0.2) is 27.8 Å². The van der Waals surface area contributed by atoms with E-state index >= 15 is 0 Å². The lowest BCUT2D eigenvalue weighted by molar-refractivity contribution is -0.390. The van der Waals surface area contributed by atoms with Crippen LogP contribution < -0.4 is 0 Å². The molecule has 7 nitrogen and oxygen atoms in total. The summed E-state index contributed by atoms with van der Waals surface area (Å²) in [5.74, 6) is -1.95. The summed E-state index contributed by atoms with van der Waals surface area (Å²) in [5, 5.41) is 13.2. The van der Waals surface area contributed by atoms with Crippen molar-refractivity contribution in [3.8, 4) is 0 Å². The highest BCUT2D eigenvalue weighted by Crippen LogP contribution is 2.19. The fraction of sp³-hybridized carbons (Fsp3) is 0.333. The zero-order valence-corrected chi connectivity index (χ0v) is 7.39. The summed E-state index contributed by atoms with van der Waals surface area (Å²) in [5.41, 5.74) is -0.667. The molecule has 0 spiro atoms. The Kier molecular flexibility index (Phi) is 2.93. The van der Waals surface area contributed by atoms with Gasteiger partial charge < -0.3 is 14.9 Å². The maximum atomic E-state index is 12.3. The van der Waals surface area contributed by atoms with E-state index in [-0.39, 0.29) is 4.68 Å². The van der Waals surface area contributed by atoms with Crippen LogP contribution in [-0.2, 0) is 4.74 Å². The Hall–Kier alpha value is -2.06. The van der Waals surface area contributed by atoms with Gasteiger partial charge in [-0.2, -0.15) is 8.78 Å². The summed E-state index contributed by atoms with van der Waals surface area (Å²) < 4.78 is 28.6. The van der Waals surface area contributed by atoms with Crippen molar-refractivity contribution >= 4 is 11.8 Å². The number of methoxy groups -OCH3 is 1. The average Bonchev–Trinajstić information content (AvgIpc) is 2.61. The standard InChI is InChI=1S/C6H5F2N3O4/c1-15-5(12)3-2-4(11(13)14)9-10(3)6(7)8/h2,6H,1H3. The van der Waals surface area contributed by atoms with Crippen LogP contribution in [0.5, 0.6) is 0 Å². The first-order valence-electron chi connectivity index (χ1n) is 3.57. The second-order valence-electron chi connectivity index (χ2n) is 2.36. The van der Waals surface area contributed by atoms with Gasteiger partial charge in [0.15, 0.2) is 5.69 Å². The molecule has 0 aliphatic carbocycles. The second kappa shape index (κ2) is 3.98. The molecule has 0 N–H and O–H groups in total. The quantitative estimate of drug-likeness (QED) is 0.431. The number of nitrogens with zero attached hydrogens (tertiary/aromatic N) is 3. The highest BCUT2D eigenvalue weighted by atomic mass is 19.3. The molecule has 0 unspecified atom stereocenters. The smallest absolute Gasteiger partial charge is 0.391 e. The molecule has 9 heteroatoms. The summed E-state index contributed by atoms with van der Waals surface area (Å²) in [6.45, 7) is -3.15. The van der Waals surface area contributed by atoms with Crippen molar-refractivity contribution in [3.63, 3.8) is 0 Å². The summed E-state index contributed by atoms with van der Waals surface area (Å²) >= 11 is 0. The Balaban J connectivity index is 3.23. The summed E-state index contributed by atoms with van der Waals surface area (Å²) in [6.07, 6.45) is 0. The second-order valence-corrected chi connectivity index (χ2v) is 2.36. The first kappa shape index (κ1) is 11.0. The largest absolute Gasteiger partial charge is 0.464 e. The third kappa shape index (κ3) is 2.06. The molecule has 82 valence electrons. The fourth-order valence-corrected chi connectivity index (χ4v) is 0.877. The fourth-order valence-electron chi connectivity index (χ4n) is 0.877. The third-order valence-corrected chi connectivity index (χ3v) is 1.49. The number of hydrogen-bond donors (Lipinski definition) is 0. The number of aromatic nitrogens is 2. The van der Waals surface area contributed by atoms with Gasteiger partial charge in [-0.25, -0.2) is 4.79 Å². The first-order chi connectivity index (χ1) is 6.97. The topological polar surface area (TPSA) is 87.3 Å². The Morgan fingerprint density at radius 2 is 2.33 bits per heavy atom. The number of nitro groups is 1. The van der Waals surface area contributed by atoms with Crippen molar-refractivity contribution in [2.45, 2.75) is 6.55 Å². The number of ether oxygens (including phenoxy) is 1. The maximum Gasteiger partial charge on any atom is 0.391 e. The predicted octanol–water partition coefficient (Wildman–Crippen LogP) is 0.973. The van der Waals surface area contributed by atoms with Crippen LogP contribution in [0, 0.1) is 10.1 Å². The van der Waals surface area contributed by atoms with Gasteiger partial charge in [0.25, 0.3) is 0 Å². The number of carbonyl (C=O) groups excluding carboxylic acids is 1. The SMILES string of the molecule is COC(=O)c1cc([N+](=O)[O-])nn1C(F)F. The molecule has 0 saturated heterocycles. The van der Waals surface area contributed by atoms with Crippen molar-refractivity contribution in [1.82, 2.24) is 9.78 Å². The monoisotopic (exact) mass is 221 g/mol. The van der Waals surface area contributed by atoms with Crippen molar-refractivity contribution < 1.29 is 23.2 Å². The molecule has 15 heavy (non-hydrogen) atoms. The Labute approximate surface area is 81.4 Å². The molecule has 0 atom stereocenters. The molecule has 1 rings (SSSR count). The molecule has 0 radical (unpaired) electrons. The molecule has 0 fully saturated rings. The van der Waals surface area contributed by atoms with E-state index in [9.17, 15) is 23.7 Å². The number of esters is 1. The molecule has 1 heterocycles. The molecule has 0 bridgehead atoms. The van der Waals surface area contributed by atoms with Crippen molar-refractivity contribution in [1.29, 1.82) is 0 Å². The van der Waals surface area contributed by atoms with Gasteiger partial charge in [0.2, 0.25) is 0 Å². The minimum Gasteiger partial charge on any atom is -0.464 e. The van der Waals surface area contributed by atoms with Crippen molar-refractivity contribution in [2.75, 3.05) is 7.11 Å². The minimum atomic E-state index is -3.15. The highest BCUT2D eigenvalue weighted by molar-refractivity contribution is 5.88. The summed E-state index contributed by atoms with van der Waals surface area (Å²) in [7, 11) is 0.969. The van der Waals surface area contributed by atoms with E-state index in [1.807, 2.05) is 0 Å². The lowest BCUT2D eigenvalue weighted by Crippen LogP contribution is -2.12.